The molecule has 0 aliphatic heterocycles. The standard InChI is InChI=1S/C7H14O2/c1-4-5-7(8)6(2)9-3/h6H,4-5H2,1-3H3. The van der Waals surface area contributed by atoms with Crippen LogP contribution in [0.15, 0.2) is 0 Å². The van der Waals surface area contributed by atoms with Crippen molar-refractivity contribution in [2.45, 2.75) is 32.8 Å². The second-order valence-electron chi connectivity index (χ2n) is 2.09. The van der Waals surface area contributed by atoms with Crippen molar-refractivity contribution in [2.24, 2.45) is 0 Å². The maximum atomic E-state index is 10.8. The Hall–Kier alpha value is -0.370. The summed E-state index contributed by atoms with van der Waals surface area (Å²) in [4.78, 5) is 10.8. The van der Waals surface area contributed by atoms with Crippen LogP contribution in [0.5, 0.6) is 0 Å². The van der Waals surface area contributed by atoms with Crippen molar-refractivity contribution >= 4 is 5.78 Å². The number of ketones is 1. The zero-order valence-corrected chi connectivity index (χ0v) is 6.31. The lowest BCUT2D eigenvalue weighted by molar-refractivity contribution is -0.127. The molecular formula is C7H14O2. The summed E-state index contributed by atoms with van der Waals surface area (Å²) >= 11 is 0. The summed E-state index contributed by atoms with van der Waals surface area (Å²) in [5.74, 6) is 0.194. The largest absolute Gasteiger partial charge is 0.374 e. The molecule has 0 aromatic carbocycles. The van der Waals surface area contributed by atoms with E-state index in [0.29, 0.717) is 6.42 Å². The lowest BCUT2D eigenvalue weighted by atomic mass is 10.1. The smallest absolute Gasteiger partial charge is 0.161 e. The molecule has 9 heavy (non-hydrogen) atoms. The predicted molar refractivity (Wildman–Crippen MR) is 36.4 cm³/mol. The Balaban J connectivity index is 3.46. The first-order valence-electron chi connectivity index (χ1n) is 3.27. The van der Waals surface area contributed by atoms with Gasteiger partial charge in [-0.3, -0.25) is 4.79 Å². The van der Waals surface area contributed by atoms with Crippen LogP contribution in [0.25, 0.3) is 0 Å². The van der Waals surface area contributed by atoms with Crippen molar-refractivity contribution in [3.8, 4) is 0 Å². The van der Waals surface area contributed by atoms with E-state index in [4.69, 9.17) is 4.74 Å². The molecule has 0 rings (SSSR count). The minimum absolute atomic E-state index is 0.194. The topological polar surface area (TPSA) is 26.3 Å². The summed E-state index contributed by atoms with van der Waals surface area (Å²) in [5.41, 5.74) is 0. The molecule has 0 bridgehead atoms. The molecule has 0 aromatic rings. The lowest BCUT2D eigenvalue weighted by Gasteiger charge is -2.05. The summed E-state index contributed by atoms with van der Waals surface area (Å²) < 4.78 is 4.81. The molecular weight excluding hydrogens is 116 g/mol. The van der Waals surface area contributed by atoms with Crippen molar-refractivity contribution in [1.82, 2.24) is 0 Å². The molecule has 0 aliphatic rings. The number of carbonyl (C=O) groups excluding carboxylic acids is 1. The van der Waals surface area contributed by atoms with Crippen molar-refractivity contribution in [3.63, 3.8) is 0 Å². The number of carbonyl (C=O) groups is 1. The number of hydrogen-bond donors (Lipinski definition) is 0. The van der Waals surface area contributed by atoms with Crippen LogP contribution in [0.2, 0.25) is 0 Å². The summed E-state index contributed by atoms with van der Waals surface area (Å²) in [6.07, 6.45) is 1.33. The average Bonchev–Trinajstić information content (AvgIpc) is 1.87. The third-order valence-corrected chi connectivity index (χ3v) is 1.30. The third kappa shape index (κ3) is 3.25. The molecule has 54 valence electrons. The van der Waals surface area contributed by atoms with Crippen molar-refractivity contribution in [1.29, 1.82) is 0 Å². The van der Waals surface area contributed by atoms with Gasteiger partial charge in [-0.1, -0.05) is 6.92 Å². The molecule has 0 radical (unpaired) electrons. The van der Waals surface area contributed by atoms with Crippen molar-refractivity contribution in [2.75, 3.05) is 7.11 Å². The van der Waals surface area contributed by atoms with E-state index in [1.54, 1.807) is 14.0 Å². The highest BCUT2D eigenvalue weighted by molar-refractivity contribution is 5.82. The lowest BCUT2D eigenvalue weighted by Crippen LogP contribution is -2.18. The van der Waals surface area contributed by atoms with Gasteiger partial charge in [-0.15, -0.1) is 0 Å². The first kappa shape index (κ1) is 8.63. The van der Waals surface area contributed by atoms with E-state index >= 15 is 0 Å². The zero-order valence-electron chi connectivity index (χ0n) is 6.31. The Kier molecular flexibility index (Phi) is 4.32. The monoisotopic (exact) mass is 130 g/mol. The zero-order chi connectivity index (χ0) is 7.28. The van der Waals surface area contributed by atoms with E-state index in [2.05, 4.69) is 0 Å². The highest BCUT2D eigenvalue weighted by Crippen LogP contribution is 1.96. The molecule has 0 saturated carbocycles. The van der Waals surface area contributed by atoms with Gasteiger partial charge in [0.25, 0.3) is 0 Å². The summed E-state index contributed by atoms with van der Waals surface area (Å²) in [7, 11) is 1.55. The van der Waals surface area contributed by atoms with Gasteiger partial charge in [0.1, 0.15) is 6.10 Å². The number of methoxy groups -OCH3 is 1. The summed E-state index contributed by atoms with van der Waals surface area (Å²) in [6, 6.07) is 0. The van der Waals surface area contributed by atoms with Crippen LogP contribution < -0.4 is 0 Å². The van der Waals surface area contributed by atoms with Gasteiger partial charge in [0.05, 0.1) is 0 Å². The first-order chi connectivity index (χ1) is 4.22. The third-order valence-electron chi connectivity index (χ3n) is 1.30. The minimum Gasteiger partial charge on any atom is -0.374 e. The van der Waals surface area contributed by atoms with Crippen LogP contribution in [-0.4, -0.2) is 19.0 Å². The van der Waals surface area contributed by atoms with E-state index in [0.717, 1.165) is 6.42 Å². The molecule has 1 atom stereocenters. The Morgan fingerprint density at radius 2 is 2.22 bits per heavy atom. The molecule has 0 saturated heterocycles. The Bertz CT molecular complexity index is 88.9. The fourth-order valence-electron chi connectivity index (χ4n) is 0.581. The maximum absolute atomic E-state index is 10.8. The van der Waals surface area contributed by atoms with Crippen LogP contribution in [0, 0.1) is 0 Å². The molecule has 2 nitrogen and oxygen atoms in total. The second kappa shape index (κ2) is 4.50. The molecule has 0 spiro atoms. The molecule has 0 heterocycles. The normalized spacial score (nSPS) is 13.2. The van der Waals surface area contributed by atoms with Gasteiger partial charge in [-0.05, 0) is 13.3 Å². The van der Waals surface area contributed by atoms with Gasteiger partial charge in [0, 0.05) is 13.5 Å². The predicted octanol–water partition coefficient (Wildman–Crippen LogP) is 1.39. The van der Waals surface area contributed by atoms with E-state index in [1.165, 1.54) is 0 Å². The highest BCUT2D eigenvalue weighted by Gasteiger charge is 2.08. The molecule has 0 fully saturated rings. The minimum atomic E-state index is -0.218. The van der Waals surface area contributed by atoms with Crippen LogP contribution >= 0.6 is 0 Å². The van der Waals surface area contributed by atoms with Gasteiger partial charge < -0.3 is 4.74 Å². The maximum Gasteiger partial charge on any atom is 0.161 e. The van der Waals surface area contributed by atoms with Crippen LogP contribution in [0.3, 0.4) is 0 Å². The molecule has 1 unspecified atom stereocenters. The van der Waals surface area contributed by atoms with Crippen LogP contribution in [0.4, 0.5) is 0 Å². The number of hydrogen-bond acceptors (Lipinski definition) is 2. The van der Waals surface area contributed by atoms with Crippen LogP contribution in [0.1, 0.15) is 26.7 Å². The van der Waals surface area contributed by atoms with E-state index < -0.39 is 0 Å². The van der Waals surface area contributed by atoms with Gasteiger partial charge in [0.2, 0.25) is 0 Å². The Morgan fingerprint density at radius 1 is 1.67 bits per heavy atom. The summed E-state index contributed by atoms with van der Waals surface area (Å²) in [5, 5.41) is 0. The summed E-state index contributed by atoms with van der Waals surface area (Å²) in [6.45, 7) is 3.76. The first-order valence-corrected chi connectivity index (χ1v) is 3.27. The van der Waals surface area contributed by atoms with Gasteiger partial charge in [-0.25, -0.2) is 0 Å². The molecule has 0 aromatic heterocycles. The van der Waals surface area contributed by atoms with Crippen molar-refractivity contribution < 1.29 is 9.53 Å². The van der Waals surface area contributed by atoms with Crippen molar-refractivity contribution in [3.05, 3.63) is 0 Å². The number of Topliss-reactive ketones (excluding diaryl/α,β-unsaturated/α-hetero) is 1. The molecule has 0 amide bonds. The number of ether oxygens (including phenoxy) is 1. The fourth-order valence-corrected chi connectivity index (χ4v) is 0.581. The van der Waals surface area contributed by atoms with Gasteiger partial charge in [0.15, 0.2) is 5.78 Å². The van der Waals surface area contributed by atoms with E-state index in [1.807, 2.05) is 6.92 Å². The highest BCUT2D eigenvalue weighted by atomic mass is 16.5. The molecule has 0 aliphatic carbocycles. The van der Waals surface area contributed by atoms with E-state index in [9.17, 15) is 4.79 Å². The average molecular weight is 130 g/mol. The molecule has 2 heteroatoms. The fraction of sp³-hybridized carbons (Fsp3) is 0.857. The van der Waals surface area contributed by atoms with Gasteiger partial charge >= 0.3 is 0 Å². The van der Waals surface area contributed by atoms with Crippen LogP contribution in [-0.2, 0) is 9.53 Å². The Labute approximate surface area is 56.2 Å². The van der Waals surface area contributed by atoms with Gasteiger partial charge in [-0.2, -0.15) is 0 Å². The second-order valence-corrected chi connectivity index (χ2v) is 2.09. The molecule has 0 N–H and O–H groups in total. The van der Waals surface area contributed by atoms with E-state index in [-0.39, 0.29) is 11.9 Å². The Morgan fingerprint density at radius 3 is 2.56 bits per heavy atom. The number of rotatable bonds is 4. The quantitative estimate of drug-likeness (QED) is 0.574. The SMILES string of the molecule is CCCC(=O)C(C)OC.